The van der Waals surface area contributed by atoms with Crippen molar-refractivity contribution in [2.45, 2.75) is 6.54 Å². The van der Waals surface area contributed by atoms with Gasteiger partial charge in [0, 0.05) is 16.7 Å². The van der Waals surface area contributed by atoms with Crippen LogP contribution in [-0.4, -0.2) is 0 Å². The molecule has 0 amide bonds. The first kappa shape index (κ1) is 12.6. The maximum atomic E-state index is 13.0. The Labute approximate surface area is 116 Å². The second-order valence-corrected chi connectivity index (χ2v) is 5.38. The number of benzene rings is 2. The summed E-state index contributed by atoms with van der Waals surface area (Å²) in [5.41, 5.74) is 2.06. The van der Waals surface area contributed by atoms with Gasteiger partial charge in [-0.25, -0.2) is 4.39 Å². The summed E-state index contributed by atoms with van der Waals surface area (Å²) in [5, 5.41) is 3.27. The van der Waals surface area contributed by atoms with E-state index in [9.17, 15) is 4.39 Å². The molecule has 0 unspecified atom stereocenters. The fourth-order valence-corrected chi connectivity index (χ4v) is 2.11. The van der Waals surface area contributed by atoms with Gasteiger partial charge in [-0.3, -0.25) is 0 Å². The Kier molecular flexibility index (Phi) is 4.18. The summed E-state index contributed by atoms with van der Waals surface area (Å²) in [6, 6.07) is 12.9. The van der Waals surface area contributed by atoms with Crippen LogP contribution < -0.4 is 5.32 Å². The minimum Gasteiger partial charge on any atom is -0.381 e. The lowest BCUT2D eigenvalue weighted by Crippen LogP contribution is -1.99. The second kappa shape index (κ2) is 5.65. The van der Waals surface area contributed by atoms with Gasteiger partial charge in [0.05, 0.1) is 4.47 Å². The summed E-state index contributed by atoms with van der Waals surface area (Å²) in [4.78, 5) is 0. The molecule has 1 N–H and O–H groups in total. The van der Waals surface area contributed by atoms with Crippen LogP contribution in [0.3, 0.4) is 0 Å². The van der Waals surface area contributed by atoms with Crippen molar-refractivity contribution in [3.05, 3.63) is 62.8 Å². The Morgan fingerprint density at radius 1 is 1.00 bits per heavy atom. The molecule has 88 valence electrons. The van der Waals surface area contributed by atoms with Crippen molar-refractivity contribution in [3.8, 4) is 0 Å². The first-order valence-corrected chi connectivity index (χ1v) is 6.67. The highest BCUT2D eigenvalue weighted by atomic mass is 79.9. The van der Waals surface area contributed by atoms with Gasteiger partial charge in [0.2, 0.25) is 0 Å². The normalized spacial score (nSPS) is 10.3. The number of hydrogen-bond donors (Lipinski definition) is 1. The number of hydrogen-bond acceptors (Lipinski definition) is 1. The van der Waals surface area contributed by atoms with Crippen molar-refractivity contribution < 1.29 is 4.39 Å². The first-order chi connectivity index (χ1) is 8.15. The topological polar surface area (TPSA) is 12.0 Å². The van der Waals surface area contributed by atoms with Gasteiger partial charge >= 0.3 is 0 Å². The second-order valence-electron chi connectivity index (χ2n) is 3.61. The highest BCUT2D eigenvalue weighted by Crippen LogP contribution is 2.18. The molecule has 4 heteroatoms. The van der Waals surface area contributed by atoms with E-state index in [4.69, 9.17) is 0 Å². The molecule has 0 spiro atoms. The van der Waals surface area contributed by atoms with Gasteiger partial charge < -0.3 is 5.32 Å². The molecule has 2 rings (SSSR count). The number of nitrogens with one attached hydrogen (secondary N) is 1. The molecule has 0 aromatic heterocycles. The molecule has 2 aromatic rings. The molecule has 17 heavy (non-hydrogen) atoms. The summed E-state index contributed by atoms with van der Waals surface area (Å²) in [6.45, 7) is 0.667. The van der Waals surface area contributed by atoms with E-state index in [-0.39, 0.29) is 5.82 Å². The molecule has 2 aromatic carbocycles. The summed E-state index contributed by atoms with van der Waals surface area (Å²) in [6.07, 6.45) is 0. The lowest BCUT2D eigenvalue weighted by molar-refractivity contribution is 0.620. The molecule has 0 saturated carbocycles. The van der Waals surface area contributed by atoms with Crippen molar-refractivity contribution in [3.63, 3.8) is 0 Å². The van der Waals surface area contributed by atoms with Crippen molar-refractivity contribution in [2.24, 2.45) is 0 Å². The van der Waals surface area contributed by atoms with Crippen LogP contribution in [0, 0.1) is 5.82 Å². The molecule has 0 aliphatic rings. The van der Waals surface area contributed by atoms with Crippen molar-refractivity contribution in [1.82, 2.24) is 0 Å². The van der Waals surface area contributed by atoms with E-state index in [0.717, 1.165) is 15.7 Å². The predicted molar refractivity (Wildman–Crippen MR) is 75.6 cm³/mol. The van der Waals surface area contributed by atoms with Crippen LogP contribution in [0.15, 0.2) is 51.4 Å². The smallest absolute Gasteiger partial charge is 0.137 e. The monoisotopic (exact) mass is 357 g/mol. The molecular formula is C13H10Br2FN. The number of rotatable bonds is 3. The zero-order chi connectivity index (χ0) is 12.3. The average Bonchev–Trinajstić information content (AvgIpc) is 2.33. The third-order valence-corrected chi connectivity index (χ3v) is 3.46. The number of anilines is 1. The molecule has 0 atom stereocenters. The van der Waals surface area contributed by atoms with Gasteiger partial charge in [0.15, 0.2) is 0 Å². The van der Waals surface area contributed by atoms with E-state index in [0.29, 0.717) is 11.0 Å². The van der Waals surface area contributed by atoms with Crippen LogP contribution in [0.5, 0.6) is 0 Å². The zero-order valence-electron chi connectivity index (χ0n) is 8.88. The minimum atomic E-state index is -0.239. The molecule has 0 aliphatic carbocycles. The van der Waals surface area contributed by atoms with Crippen LogP contribution in [-0.2, 0) is 6.54 Å². The highest BCUT2D eigenvalue weighted by Gasteiger charge is 2.00. The van der Waals surface area contributed by atoms with Gasteiger partial charge in [0.1, 0.15) is 5.82 Å². The van der Waals surface area contributed by atoms with Crippen LogP contribution in [0.4, 0.5) is 10.1 Å². The van der Waals surface area contributed by atoms with Gasteiger partial charge in [-0.2, -0.15) is 0 Å². The van der Waals surface area contributed by atoms with Crippen LogP contribution in [0.2, 0.25) is 0 Å². The SMILES string of the molecule is Fc1ccc(CNc2ccc(Br)cc2)cc1Br. The average molecular weight is 359 g/mol. The van der Waals surface area contributed by atoms with Crippen molar-refractivity contribution in [2.75, 3.05) is 5.32 Å². The third-order valence-electron chi connectivity index (χ3n) is 2.32. The fraction of sp³-hybridized carbons (Fsp3) is 0.0769. The first-order valence-electron chi connectivity index (χ1n) is 5.08. The molecule has 0 saturated heterocycles. The largest absolute Gasteiger partial charge is 0.381 e. The summed E-state index contributed by atoms with van der Waals surface area (Å²) in [5.74, 6) is -0.239. The van der Waals surface area contributed by atoms with E-state index < -0.39 is 0 Å². The summed E-state index contributed by atoms with van der Waals surface area (Å²) >= 11 is 6.56. The Balaban J connectivity index is 2.02. The number of halogens is 3. The van der Waals surface area contributed by atoms with E-state index in [1.54, 1.807) is 12.1 Å². The van der Waals surface area contributed by atoms with Crippen LogP contribution in [0.25, 0.3) is 0 Å². The molecular weight excluding hydrogens is 349 g/mol. The molecule has 0 fully saturated rings. The van der Waals surface area contributed by atoms with E-state index in [1.807, 2.05) is 24.3 Å². The van der Waals surface area contributed by atoms with Gasteiger partial charge in [0.25, 0.3) is 0 Å². The maximum Gasteiger partial charge on any atom is 0.137 e. The summed E-state index contributed by atoms with van der Waals surface area (Å²) < 4.78 is 14.6. The fourth-order valence-electron chi connectivity index (χ4n) is 1.42. The van der Waals surface area contributed by atoms with E-state index in [1.165, 1.54) is 6.07 Å². The molecule has 0 heterocycles. The Morgan fingerprint density at radius 2 is 1.71 bits per heavy atom. The predicted octanol–water partition coefficient (Wildman–Crippen LogP) is 4.96. The van der Waals surface area contributed by atoms with Crippen LogP contribution in [0.1, 0.15) is 5.56 Å². The molecule has 0 bridgehead atoms. The molecule has 1 nitrogen and oxygen atoms in total. The van der Waals surface area contributed by atoms with Gasteiger partial charge in [-0.05, 0) is 57.9 Å². The van der Waals surface area contributed by atoms with E-state index in [2.05, 4.69) is 37.2 Å². The molecule has 0 aliphatic heterocycles. The Morgan fingerprint density at radius 3 is 2.35 bits per heavy atom. The van der Waals surface area contributed by atoms with E-state index >= 15 is 0 Å². The van der Waals surface area contributed by atoms with Crippen molar-refractivity contribution >= 4 is 37.5 Å². The maximum absolute atomic E-state index is 13.0. The van der Waals surface area contributed by atoms with Gasteiger partial charge in [-0.15, -0.1) is 0 Å². The van der Waals surface area contributed by atoms with Crippen LogP contribution >= 0.6 is 31.9 Å². The Bertz CT molecular complexity index is 511. The minimum absolute atomic E-state index is 0.239. The Hall–Kier alpha value is -0.870. The molecule has 0 radical (unpaired) electrons. The lowest BCUT2D eigenvalue weighted by Gasteiger charge is -2.07. The van der Waals surface area contributed by atoms with Gasteiger partial charge in [-0.1, -0.05) is 22.0 Å². The zero-order valence-corrected chi connectivity index (χ0v) is 12.1. The quantitative estimate of drug-likeness (QED) is 0.817. The standard InChI is InChI=1S/C13H10Br2FN/c14-10-2-4-11(5-3-10)17-8-9-1-6-13(16)12(15)7-9/h1-7,17H,8H2. The van der Waals surface area contributed by atoms with Crippen molar-refractivity contribution in [1.29, 1.82) is 0 Å². The lowest BCUT2D eigenvalue weighted by atomic mass is 10.2. The third kappa shape index (κ3) is 3.54. The highest BCUT2D eigenvalue weighted by molar-refractivity contribution is 9.10. The summed E-state index contributed by atoms with van der Waals surface area (Å²) in [7, 11) is 0.